The van der Waals surface area contributed by atoms with Gasteiger partial charge in [0.1, 0.15) is 17.5 Å². The second-order valence-corrected chi connectivity index (χ2v) is 6.09. The molecule has 3 nitrogen and oxygen atoms in total. The number of aryl methyl sites for hydroxylation is 1. The summed E-state index contributed by atoms with van der Waals surface area (Å²) in [4.78, 5) is 7.67. The van der Waals surface area contributed by atoms with E-state index in [2.05, 4.69) is 9.97 Å². The van der Waals surface area contributed by atoms with E-state index in [0.29, 0.717) is 6.54 Å². The van der Waals surface area contributed by atoms with Gasteiger partial charge in [-0.2, -0.15) is 0 Å². The highest BCUT2D eigenvalue weighted by molar-refractivity contribution is 5.33. The van der Waals surface area contributed by atoms with E-state index in [9.17, 15) is 8.78 Å². The van der Waals surface area contributed by atoms with Gasteiger partial charge in [-0.05, 0) is 48.4 Å². The molecule has 1 heterocycles. The smallest absolute Gasteiger partial charge is 0.123 e. The third-order valence-corrected chi connectivity index (χ3v) is 4.31. The lowest BCUT2D eigenvalue weighted by Gasteiger charge is -2.18. The highest BCUT2D eigenvalue weighted by Crippen LogP contribution is 2.29. The maximum Gasteiger partial charge on any atom is 0.123 e. The second-order valence-electron chi connectivity index (χ2n) is 6.09. The van der Waals surface area contributed by atoms with Crippen molar-refractivity contribution in [3.05, 3.63) is 89.0 Å². The number of nitrogens with one attached hydrogen (secondary N) is 1. The molecule has 0 spiro atoms. The van der Waals surface area contributed by atoms with Gasteiger partial charge in [-0.3, -0.25) is 0 Å². The summed E-state index contributed by atoms with van der Waals surface area (Å²) in [6.45, 7) is 0.579. The summed E-state index contributed by atoms with van der Waals surface area (Å²) in [5, 5.41) is 0. The van der Waals surface area contributed by atoms with Crippen LogP contribution in [0.5, 0.6) is 0 Å². The number of hydrogen-bond acceptors (Lipinski definition) is 2. The predicted octanol–water partition coefficient (Wildman–Crippen LogP) is 3.95. The molecule has 0 unspecified atom stereocenters. The first-order valence-electron chi connectivity index (χ1n) is 8.39. The number of aromatic nitrogens is 2. The molecule has 0 bridgehead atoms. The van der Waals surface area contributed by atoms with Gasteiger partial charge in [0.25, 0.3) is 0 Å². The summed E-state index contributed by atoms with van der Waals surface area (Å²) >= 11 is 0. The Hall–Kier alpha value is -2.53. The van der Waals surface area contributed by atoms with Crippen molar-refractivity contribution >= 4 is 0 Å². The minimum Gasteiger partial charge on any atom is -0.346 e. The predicted molar refractivity (Wildman–Crippen MR) is 94.3 cm³/mol. The average molecular weight is 341 g/mol. The fourth-order valence-electron chi connectivity index (χ4n) is 3.01. The first-order chi connectivity index (χ1) is 12.2. The van der Waals surface area contributed by atoms with E-state index in [4.69, 9.17) is 5.73 Å². The minimum absolute atomic E-state index is 0.0456. The van der Waals surface area contributed by atoms with Crippen molar-refractivity contribution in [3.8, 4) is 0 Å². The molecule has 0 saturated carbocycles. The molecule has 5 heteroatoms. The molecule has 3 aromatic rings. The largest absolute Gasteiger partial charge is 0.346 e. The SMILES string of the molecule is NCCc1cnc(CCC(c2ccc(F)cc2)c2ccc(F)cc2)[nH]1. The summed E-state index contributed by atoms with van der Waals surface area (Å²) in [6.07, 6.45) is 4.11. The first-order valence-corrected chi connectivity index (χ1v) is 8.39. The zero-order valence-electron chi connectivity index (χ0n) is 13.9. The molecule has 0 amide bonds. The summed E-state index contributed by atoms with van der Waals surface area (Å²) in [7, 11) is 0. The van der Waals surface area contributed by atoms with Crippen molar-refractivity contribution in [2.45, 2.75) is 25.2 Å². The van der Waals surface area contributed by atoms with Crippen LogP contribution in [0.4, 0.5) is 8.78 Å². The van der Waals surface area contributed by atoms with Gasteiger partial charge in [-0.15, -0.1) is 0 Å². The van der Waals surface area contributed by atoms with E-state index < -0.39 is 0 Å². The Balaban J connectivity index is 1.80. The van der Waals surface area contributed by atoms with Crippen LogP contribution in [0.3, 0.4) is 0 Å². The standard InChI is InChI=1S/C20H21F2N3/c21-16-5-1-14(2-6-16)19(15-3-7-17(22)8-4-15)9-10-20-24-13-18(25-20)11-12-23/h1-8,13,19H,9-12,23H2,(H,24,25). The molecule has 0 aliphatic rings. The molecule has 1 aromatic heterocycles. The fourth-order valence-corrected chi connectivity index (χ4v) is 3.01. The third-order valence-electron chi connectivity index (χ3n) is 4.31. The molecule has 0 saturated heterocycles. The molecule has 3 rings (SSSR count). The monoisotopic (exact) mass is 341 g/mol. The maximum atomic E-state index is 13.3. The van der Waals surface area contributed by atoms with Gasteiger partial charge >= 0.3 is 0 Å². The topological polar surface area (TPSA) is 54.7 Å². The quantitative estimate of drug-likeness (QED) is 0.683. The third kappa shape index (κ3) is 4.51. The maximum absolute atomic E-state index is 13.3. The van der Waals surface area contributed by atoms with Crippen LogP contribution in [0.15, 0.2) is 54.7 Å². The van der Waals surface area contributed by atoms with Gasteiger partial charge in [0.2, 0.25) is 0 Å². The Labute approximate surface area is 145 Å². The first kappa shape index (κ1) is 17.3. The zero-order chi connectivity index (χ0) is 17.6. The van der Waals surface area contributed by atoms with E-state index >= 15 is 0 Å². The Bertz CT molecular complexity index is 749. The zero-order valence-corrected chi connectivity index (χ0v) is 13.9. The molecule has 0 radical (unpaired) electrons. The van der Waals surface area contributed by atoms with Crippen LogP contribution in [0.2, 0.25) is 0 Å². The van der Waals surface area contributed by atoms with Gasteiger partial charge in [-0.25, -0.2) is 13.8 Å². The molecule has 3 N–H and O–H groups in total. The van der Waals surface area contributed by atoms with E-state index in [-0.39, 0.29) is 17.6 Å². The van der Waals surface area contributed by atoms with Crippen molar-refractivity contribution in [2.75, 3.05) is 6.54 Å². The van der Waals surface area contributed by atoms with Gasteiger partial charge in [0.15, 0.2) is 0 Å². The molecule has 130 valence electrons. The van der Waals surface area contributed by atoms with Gasteiger partial charge in [0, 0.05) is 30.7 Å². The molecule has 2 aromatic carbocycles. The molecule has 0 fully saturated rings. The highest BCUT2D eigenvalue weighted by Gasteiger charge is 2.15. The minimum atomic E-state index is -0.265. The number of hydrogen-bond donors (Lipinski definition) is 2. The van der Waals surface area contributed by atoms with Gasteiger partial charge < -0.3 is 10.7 Å². The molecule has 0 atom stereocenters. The Morgan fingerprint density at radius 1 is 0.880 bits per heavy atom. The van der Waals surface area contributed by atoms with Crippen LogP contribution in [0, 0.1) is 11.6 Å². The van der Waals surface area contributed by atoms with Gasteiger partial charge in [0.05, 0.1) is 0 Å². The lowest BCUT2D eigenvalue weighted by molar-refractivity contribution is 0.621. The second kappa shape index (κ2) is 8.03. The van der Waals surface area contributed by atoms with E-state index in [1.807, 2.05) is 6.20 Å². The van der Waals surface area contributed by atoms with Crippen molar-refractivity contribution in [1.29, 1.82) is 0 Å². The molecule has 0 aliphatic carbocycles. The number of rotatable bonds is 7. The Kier molecular flexibility index (Phi) is 5.56. The van der Waals surface area contributed by atoms with Crippen molar-refractivity contribution in [2.24, 2.45) is 5.73 Å². The highest BCUT2D eigenvalue weighted by atomic mass is 19.1. The average Bonchev–Trinajstić information content (AvgIpc) is 3.06. The van der Waals surface area contributed by atoms with Crippen LogP contribution >= 0.6 is 0 Å². The van der Waals surface area contributed by atoms with E-state index in [0.717, 1.165) is 41.9 Å². The number of halogens is 2. The summed E-state index contributed by atoms with van der Waals surface area (Å²) in [6, 6.07) is 13.0. The van der Waals surface area contributed by atoms with E-state index in [1.165, 1.54) is 24.3 Å². The summed E-state index contributed by atoms with van der Waals surface area (Å²) in [5.74, 6) is 0.417. The molecule has 25 heavy (non-hydrogen) atoms. The Morgan fingerprint density at radius 3 is 1.96 bits per heavy atom. The van der Waals surface area contributed by atoms with Crippen LogP contribution in [-0.2, 0) is 12.8 Å². The van der Waals surface area contributed by atoms with Crippen LogP contribution < -0.4 is 5.73 Å². The molecular weight excluding hydrogens is 320 g/mol. The number of nitrogens with two attached hydrogens (primary N) is 1. The van der Waals surface area contributed by atoms with Crippen LogP contribution in [0.25, 0.3) is 0 Å². The summed E-state index contributed by atoms with van der Waals surface area (Å²) in [5.41, 5.74) is 8.59. The van der Waals surface area contributed by atoms with Crippen molar-refractivity contribution in [3.63, 3.8) is 0 Å². The number of benzene rings is 2. The van der Waals surface area contributed by atoms with Gasteiger partial charge in [-0.1, -0.05) is 24.3 Å². The van der Waals surface area contributed by atoms with Crippen molar-refractivity contribution in [1.82, 2.24) is 9.97 Å². The van der Waals surface area contributed by atoms with E-state index in [1.54, 1.807) is 24.3 Å². The summed E-state index contributed by atoms with van der Waals surface area (Å²) < 4.78 is 26.5. The number of imidazole rings is 1. The Morgan fingerprint density at radius 2 is 1.44 bits per heavy atom. The molecular formula is C20H21F2N3. The lowest BCUT2D eigenvalue weighted by atomic mass is 9.87. The van der Waals surface area contributed by atoms with Crippen LogP contribution in [0.1, 0.15) is 35.0 Å². The fraction of sp³-hybridized carbons (Fsp3) is 0.250. The normalized spacial score (nSPS) is 11.2. The van der Waals surface area contributed by atoms with Crippen LogP contribution in [-0.4, -0.2) is 16.5 Å². The number of H-pyrrole nitrogens is 1. The number of nitrogens with zero attached hydrogens (tertiary/aromatic N) is 1. The number of aromatic amines is 1. The molecule has 0 aliphatic heterocycles. The lowest BCUT2D eigenvalue weighted by Crippen LogP contribution is -2.05. The van der Waals surface area contributed by atoms with Crippen molar-refractivity contribution < 1.29 is 8.78 Å².